The maximum atomic E-state index is 6.29. The van der Waals surface area contributed by atoms with Crippen LogP contribution in [0.1, 0.15) is 0 Å². The van der Waals surface area contributed by atoms with E-state index in [1.165, 1.54) is 38.0 Å². The summed E-state index contributed by atoms with van der Waals surface area (Å²) in [5.74, 6) is 0. The van der Waals surface area contributed by atoms with Gasteiger partial charge in [0.15, 0.2) is 0 Å². The van der Waals surface area contributed by atoms with Crippen molar-refractivity contribution < 1.29 is 4.42 Å². The van der Waals surface area contributed by atoms with Gasteiger partial charge in [0.2, 0.25) is 0 Å². The highest BCUT2D eigenvalue weighted by Crippen LogP contribution is 2.41. The molecule has 3 heterocycles. The molecule has 0 aliphatic carbocycles. The van der Waals surface area contributed by atoms with Gasteiger partial charge >= 0.3 is 0 Å². The van der Waals surface area contributed by atoms with E-state index in [4.69, 9.17) is 4.42 Å². The van der Waals surface area contributed by atoms with Crippen molar-refractivity contribution in [1.29, 1.82) is 0 Å². The Labute approximate surface area is 206 Å². The minimum Gasteiger partial charge on any atom is -0.456 e. The second-order valence-corrected chi connectivity index (χ2v) is 9.31. The number of furan rings is 1. The number of benzene rings is 5. The Balaban J connectivity index is 1.52. The third-order valence-electron chi connectivity index (χ3n) is 7.27. The third kappa shape index (κ3) is 2.77. The van der Waals surface area contributed by atoms with Gasteiger partial charge in [0.05, 0.1) is 5.52 Å². The molecule has 0 amide bonds. The lowest BCUT2D eigenvalue weighted by Crippen LogP contribution is -1.91. The molecule has 8 rings (SSSR count). The molecule has 3 heteroatoms. The highest BCUT2D eigenvalue weighted by atomic mass is 16.3. The van der Waals surface area contributed by atoms with Crippen molar-refractivity contribution in [3.63, 3.8) is 0 Å². The van der Waals surface area contributed by atoms with Crippen LogP contribution in [-0.2, 0) is 0 Å². The van der Waals surface area contributed by atoms with Crippen LogP contribution in [0.25, 0.3) is 71.2 Å². The minimum absolute atomic E-state index is 0.912. The average Bonchev–Trinajstić information content (AvgIpc) is 3.52. The van der Waals surface area contributed by atoms with E-state index < -0.39 is 0 Å². The summed E-state index contributed by atoms with van der Waals surface area (Å²) in [6.45, 7) is 0. The number of aromatic nitrogens is 2. The van der Waals surface area contributed by atoms with Crippen molar-refractivity contribution in [2.24, 2.45) is 0 Å². The largest absolute Gasteiger partial charge is 0.456 e. The highest BCUT2D eigenvalue weighted by molar-refractivity contribution is 6.21. The lowest BCUT2D eigenvalue weighted by molar-refractivity contribution is 0.669. The molecule has 0 saturated carbocycles. The van der Waals surface area contributed by atoms with Gasteiger partial charge in [-0.15, -0.1) is 0 Å². The molecule has 8 aromatic rings. The molecule has 0 fully saturated rings. The zero-order valence-corrected chi connectivity index (χ0v) is 19.3. The monoisotopic (exact) mass is 460 g/mol. The maximum Gasteiger partial charge on any atom is 0.136 e. The van der Waals surface area contributed by atoms with Crippen LogP contribution in [0, 0.1) is 0 Å². The van der Waals surface area contributed by atoms with Gasteiger partial charge in [0.1, 0.15) is 11.2 Å². The van der Waals surface area contributed by atoms with Gasteiger partial charge in [-0.25, -0.2) is 0 Å². The number of rotatable bonds is 2. The fourth-order valence-corrected chi connectivity index (χ4v) is 5.58. The van der Waals surface area contributed by atoms with Crippen molar-refractivity contribution in [3.8, 4) is 16.8 Å². The first-order valence-corrected chi connectivity index (χ1v) is 12.1. The Morgan fingerprint density at radius 3 is 2.36 bits per heavy atom. The van der Waals surface area contributed by atoms with Crippen molar-refractivity contribution in [2.45, 2.75) is 0 Å². The van der Waals surface area contributed by atoms with Crippen molar-refractivity contribution in [3.05, 3.63) is 122 Å². The fraction of sp³-hybridized carbons (Fsp3) is 0. The van der Waals surface area contributed by atoms with Gasteiger partial charge in [-0.3, -0.25) is 4.98 Å². The minimum atomic E-state index is 0.912. The molecular formula is C33H20N2O. The number of hydrogen-bond donors (Lipinski definition) is 0. The fourth-order valence-electron chi connectivity index (χ4n) is 5.58. The van der Waals surface area contributed by atoms with Gasteiger partial charge in [0.25, 0.3) is 0 Å². The zero-order valence-electron chi connectivity index (χ0n) is 19.3. The molecule has 168 valence electrons. The SMILES string of the molecule is c1ccc(-n2ccc3cc4c(cc(-c5cccnc5)c5cc6c(cc54)oc4ccccc46)cc32)cc1. The topological polar surface area (TPSA) is 31.0 Å². The van der Waals surface area contributed by atoms with Gasteiger partial charge in [-0.2, -0.15) is 0 Å². The molecule has 36 heavy (non-hydrogen) atoms. The average molecular weight is 461 g/mol. The summed E-state index contributed by atoms with van der Waals surface area (Å²) >= 11 is 0. The maximum absolute atomic E-state index is 6.29. The summed E-state index contributed by atoms with van der Waals surface area (Å²) in [4.78, 5) is 4.42. The second kappa shape index (κ2) is 7.30. The van der Waals surface area contributed by atoms with E-state index in [1.807, 2.05) is 30.6 Å². The molecule has 0 radical (unpaired) electrons. The predicted octanol–water partition coefficient (Wildman–Crippen LogP) is 8.90. The van der Waals surface area contributed by atoms with Crippen molar-refractivity contribution in [2.75, 3.05) is 0 Å². The molecule has 0 N–H and O–H groups in total. The molecule has 5 aromatic carbocycles. The molecule has 0 unspecified atom stereocenters. The van der Waals surface area contributed by atoms with E-state index in [0.29, 0.717) is 0 Å². The van der Waals surface area contributed by atoms with Crippen molar-refractivity contribution >= 4 is 54.4 Å². The molecule has 0 atom stereocenters. The molecule has 0 saturated heterocycles. The molecular weight excluding hydrogens is 440 g/mol. The normalized spacial score (nSPS) is 11.9. The van der Waals surface area contributed by atoms with Gasteiger partial charge in [0, 0.05) is 46.0 Å². The summed E-state index contributed by atoms with van der Waals surface area (Å²) in [5.41, 5.74) is 6.46. The van der Waals surface area contributed by atoms with Crippen LogP contribution >= 0.6 is 0 Å². The van der Waals surface area contributed by atoms with E-state index in [-0.39, 0.29) is 0 Å². The number of fused-ring (bicyclic) bond motifs is 7. The highest BCUT2D eigenvalue weighted by Gasteiger charge is 2.15. The second-order valence-electron chi connectivity index (χ2n) is 9.31. The van der Waals surface area contributed by atoms with E-state index >= 15 is 0 Å². The molecule has 3 nitrogen and oxygen atoms in total. The van der Waals surface area contributed by atoms with Crippen LogP contribution in [0.15, 0.2) is 126 Å². The quantitative estimate of drug-likeness (QED) is 0.241. The number of pyridine rings is 1. The van der Waals surface area contributed by atoms with E-state index in [1.54, 1.807) is 0 Å². The van der Waals surface area contributed by atoms with Crippen LogP contribution in [0.3, 0.4) is 0 Å². The summed E-state index contributed by atoms with van der Waals surface area (Å²) in [5, 5.41) is 8.30. The smallest absolute Gasteiger partial charge is 0.136 e. The standard InChI is InChI=1S/C33H20N2O/c1-2-8-24(9-3-1)35-14-12-21-15-27-23(17-31(21)35)16-26(22-7-6-13-34-20-22)28-18-30-25-10-4-5-11-32(25)36-33(30)19-29(27)28/h1-20H. The lowest BCUT2D eigenvalue weighted by atomic mass is 9.92. The molecule has 0 bridgehead atoms. The van der Waals surface area contributed by atoms with Crippen LogP contribution < -0.4 is 0 Å². The van der Waals surface area contributed by atoms with Crippen LogP contribution in [0.5, 0.6) is 0 Å². The van der Waals surface area contributed by atoms with Gasteiger partial charge in [-0.1, -0.05) is 42.5 Å². The van der Waals surface area contributed by atoms with E-state index in [2.05, 4.69) is 101 Å². The summed E-state index contributed by atoms with van der Waals surface area (Å²) < 4.78 is 8.54. The molecule has 0 aliphatic heterocycles. The molecule has 3 aromatic heterocycles. The van der Waals surface area contributed by atoms with Gasteiger partial charge < -0.3 is 8.98 Å². The Hall–Kier alpha value is -4.89. The van der Waals surface area contributed by atoms with Crippen LogP contribution in [0.4, 0.5) is 0 Å². The summed E-state index contributed by atoms with van der Waals surface area (Å²) in [6, 6.07) is 36.5. The van der Waals surface area contributed by atoms with E-state index in [9.17, 15) is 0 Å². The third-order valence-corrected chi connectivity index (χ3v) is 7.27. The first-order valence-electron chi connectivity index (χ1n) is 12.1. The van der Waals surface area contributed by atoms with Crippen LogP contribution in [-0.4, -0.2) is 9.55 Å². The van der Waals surface area contributed by atoms with Crippen molar-refractivity contribution in [1.82, 2.24) is 9.55 Å². The lowest BCUT2D eigenvalue weighted by Gasteiger charge is -2.13. The molecule has 0 aliphatic rings. The first-order chi connectivity index (χ1) is 17.8. The Morgan fingerprint density at radius 2 is 1.47 bits per heavy atom. The summed E-state index contributed by atoms with van der Waals surface area (Å²) in [7, 11) is 0. The Morgan fingerprint density at radius 1 is 0.583 bits per heavy atom. The number of para-hydroxylation sites is 2. The summed E-state index contributed by atoms with van der Waals surface area (Å²) in [6.07, 6.45) is 5.93. The first kappa shape index (κ1) is 19.4. The number of hydrogen-bond acceptors (Lipinski definition) is 2. The zero-order chi connectivity index (χ0) is 23.6. The van der Waals surface area contributed by atoms with Crippen LogP contribution in [0.2, 0.25) is 0 Å². The predicted molar refractivity (Wildman–Crippen MR) is 149 cm³/mol. The number of nitrogens with zero attached hydrogens (tertiary/aromatic N) is 2. The Kier molecular flexibility index (Phi) is 3.94. The van der Waals surface area contributed by atoms with Gasteiger partial charge in [-0.05, 0) is 87.8 Å². The Bertz CT molecular complexity index is 2080. The van der Waals surface area contributed by atoms with E-state index in [0.717, 1.165) is 33.2 Å². The molecule has 0 spiro atoms.